The van der Waals surface area contributed by atoms with Crippen LogP contribution in [0.1, 0.15) is 11.4 Å². The van der Waals surface area contributed by atoms with Crippen LogP contribution in [0, 0.1) is 13.8 Å². The number of fused-ring (bicyclic) bond motifs is 1. The predicted molar refractivity (Wildman–Crippen MR) is 49.7 cm³/mol. The van der Waals surface area contributed by atoms with E-state index in [0.29, 0.717) is 0 Å². The van der Waals surface area contributed by atoms with Gasteiger partial charge in [0.05, 0.1) is 10.7 Å². The first-order chi connectivity index (χ1) is 5.68. The molecule has 2 heterocycles. The van der Waals surface area contributed by atoms with Crippen LogP contribution in [0.5, 0.6) is 0 Å². The second-order valence-electron chi connectivity index (χ2n) is 2.86. The zero-order chi connectivity index (χ0) is 8.72. The fourth-order valence-electron chi connectivity index (χ4n) is 1.25. The fraction of sp³-hybridized carbons (Fsp3) is 0.222. The topological polar surface area (TPSA) is 17.3 Å². The molecule has 0 bridgehead atoms. The molecule has 0 unspecified atom stereocenters. The van der Waals surface area contributed by atoms with Crippen LogP contribution in [0.2, 0.25) is 5.02 Å². The Morgan fingerprint density at radius 2 is 2.08 bits per heavy atom. The summed E-state index contributed by atoms with van der Waals surface area (Å²) in [5.41, 5.74) is 3.15. The second-order valence-corrected chi connectivity index (χ2v) is 3.29. The third kappa shape index (κ3) is 0.994. The van der Waals surface area contributed by atoms with Gasteiger partial charge in [-0.2, -0.15) is 0 Å². The molecule has 0 aliphatic carbocycles. The predicted octanol–water partition coefficient (Wildman–Crippen LogP) is 2.60. The zero-order valence-electron chi connectivity index (χ0n) is 7.00. The van der Waals surface area contributed by atoms with Gasteiger partial charge in [-0.15, -0.1) is 0 Å². The number of halogens is 1. The summed E-state index contributed by atoms with van der Waals surface area (Å²) in [6, 6.07) is 3.77. The average molecular weight is 181 g/mol. The van der Waals surface area contributed by atoms with Gasteiger partial charge in [-0.25, -0.2) is 4.98 Å². The van der Waals surface area contributed by atoms with E-state index in [1.54, 1.807) is 0 Å². The molecule has 0 fully saturated rings. The van der Waals surface area contributed by atoms with Gasteiger partial charge in [0.25, 0.3) is 0 Å². The summed E-state index contributed by atoms with van der Waals surface area (Å²) in [6.07, 6.45) is 1.88. The van der Waals surface area contributed by atoms with Gasteiger partial charge in [0, 0.05) is 11.9 Å². The highest BCUT2D eigenvalue weighted by Crippen LogP contribution is 2.14. The minimum atomic E-state index is 0.739. The molecule has 0 aliphatic heterocycles. The lowest BCUT2D eigenvalue weighted by atomic mass is 10.4. The highest BCUT2D eigenvalue weighted by Gasteiger charge is 2.02. The molecule has 3 heteroatoms. The van der Waals surface area contributed by atoms with Crippen LogP contribution >= 0.6 is 11.6 Å². The number of hydrogen-bond acceptors (Lipinski definition) is 1. The maximum atomic E-state index is 5.85. The molecule has 2 nitrogen and oxygen atoms in total. The molecule has 0 saturated heterocycles. The molecule has 2 aromatic rings. The Balaban J connectivity index is 2.88. The molecule has 0 radical (unpaired) electrons. The zero-order valence-corrected chi connectivity index (χ0v) is 7.76. The van der Waals surface area contributed by atoms with Gasteiger partial charge < -0.3 is 4.40 Å². The van der Waals surface area contributed by atoms with Crippen LogP contribution in [0.3, 0.4) is 0 Å². The quantitative estimate of drug-likeness (QED) is 0.609. The number of aromatic nitrogens is 2. The van der Waals surface area contributed by atoms with Crippen molar-refractivity contribution in [1.82, 2.24) is 9.38 Å². The summed E-state index contributed by atoms with van der Waals surface area (Å²) < 4.78 is 2.00. The van der Waals surface area contributed by atoms with Crippen molar-refractivity contribution < 1.29 is 0 Å². The summed E-state index contributed by atoms with van der Waals surface area (Å²) in [5.74, 6) is 0. The van der Waals surface area contributed by atoms with E-state index in [1.807, 2.05) is 36.6 Å². The largest absolute Gasteiger partial charge is 0.303 e. The normalized spacial score (nSPS) is 10.9. The van der Waals surface area contributed by atoms with Gasteiger partial charge in [-0.3, -0.25) is 0 Å². The second kappa shape index (κ2) is 2.49. The van der Waals surface area contributed by atoms with Crippen LogP contribution in [-0.4, -0.2) is 9.38 Å². The Morgan fingerprint density at radius 1 is 1.33 bits per heavy atom. The summed E-state index contributed by atoms with van der Waals surface area (Å²) in [6.45, 7) is 4.03. The van der Waals surface area contributed by atoms with Crippen LogP contribution in [0.25, 0.3) is 5.65 Å². The molecule has 0 aromatic carbocycles. The number of imidazole rings is 1. The van der Waals surface area contributed by atoms with Crippen LogP contribution in [0.15, 0.2) is 18.3 Å². The highest BCUT2D eigenvalue weighted by atomic mass is 35.5. The lowest BCUT2D eigenvalue weighted by molar-refractivity contribution is 1.09. The smallest absolute Gasteiger partial charge is 0.137 e. The van der Waals surface area contributed by atoms with Crippen molar-refractivity contribution in [2.75, 3.05) is 0 Å². The number of pyridine rings is 1. The van der Waals surface area contributed by atoms with Crippen molar-refractivity contribution in [2.45, 2.75) is 13.8 Å². The van der Waals surface area contributed by atoms with Crippen LogP contribution in [0.4, 0.5) is 0 Å². The van der Waals surface area contributed by atoms with Gasteiger partial charge in [-0.1, -0.05) is 11.6 Å². The first-order valence-electron chi connectivity index (χ1n) is 3.79. The van der Waals surface area contributed by atoms with Crippen molar-refractivity contribution in [3.05, 3.63) is 34.7 Å². The van der Waals surface area contributed by atoms with Crippen LogP contribution < -0.4 is 0 Å². The molecular weight excluding hydrogens is 172 g/mol. The first-order valence-corrected chi connectivity index (χ1v) is 4.17. The number of nitrogens with zero attached hydrogens (tertiary/aromatic N) is 2. The first kappa shape index (κ1) is 7.62. The summed E-state index contributed by atoms with van der Waals surface area (Å²) >= 11 is 5.85. The van der Waals surface area contributed by atoms with E-state index in [-0.39, 0.29) is 0 Å². The Morgan fingerprint density at radius 3 is 2.83 bits per heavy atom. The van der Waals surface area contributed by atoms with Crippen molar-refractivity contribution in [1.29, 1.82) is 0 Å². The van der Waals surface area contributed by atoms with Gasteiger partial charge >= 0.3 is 0 Å². The van der Waals surface area contributed by atoms with E-state index in [2.05, 4.69) is 4.98 Å². The van der Waals surface area contributed by atoms with Gasteiger partial charge in [0.15, 0.2) is 0 Å². The summed E-state index contributed by atoms with van der Waals surface area (Å²) in [5, 5.41) is 0.739. The molecule has 0 saturated carbocycles. The summed E-state index contributed by atoms with van der Waals surface area (Å²) in [7, 11) is 0. The minimum absolute atomic E-state index is 0.739. The standard InChI is InChI=1S/C9H9ClN2/c1-6-7(2)12-5-8(10)3-4-9(12)11-6/h3-5H,1-2H3. The van der Waals surface area contributed by atoms with Crippen molar-refractivity contribution in [3.8, 4) is 0 Å². The van der Waals surface area contributed by atoms with E-state index in [4.69, 9.17) is 11.6 Å². The van der Waals surface area contributed by atoms with E-state index in [1.165, 1.54) is 0 Å². The third-order valence-electron chi connectivity index (χ3n) is 2.06. The Kier molecular flexibility index (Phi) is 1.58. The number of aryl methyl sites for hydroxylation is 2. The van der Waals surface area contributed by atoms with Gasteiger partial charge in [-0.05, 0) is 26.0 Å². The highest BCUT2D eigenvalue weighted by molar-refractivity contribution is 6.30. The molecule has 2 aromatic heterocycles. The molecule has 0 atom stereocenters. The molecule has 0 N–H and O–H groups in total. The maximum Gasteiger partial charge on any atom is 0.137 e. The molecule has 0 amide bonds. The number of rotatable bonds is 0. The van der Waals surface area contributed by atoms with E-state index in [9.17, 15) is 0 Å². The SMILES string of the molecule is Cc1nc2ccc(Cl)cn2c1C. The monoisotopic (exact) mass is 180 g/mol. The summed E-state index contributed by atoms with van der Waals surface area (Å²) in [4.78, 5) is 4.36. The molecule has 0 spiro atoms. The Labute approximate surface area is 75.8 Å². The molecule has 2 rings (SSSR count). The van der Waals surface area contributed by atoms with Crippen LogP contribution in [-0.2, 0) is 0 Å². The molecule has 62 valence electrons. The molecule has 0 aliphatic rings. The van der Waals surface area contributed by atoms with Crippen molar-refractivity contribution in [3.63, 3.8) is 0 Å². The van der Waals surface area contributed by atoms with Crippen molar-refractivity contribution in [2.24, 2.45) is 0 Å². The lowest BCUT2D eigenvalue weighted by Gasteiger charge is -1.95. The Hall–Kier alpha value is -1.02. The fourth-order valence-corrected chi connectivity index (χ4v) is 1.41. The van der Waals surface area contributed by atoms with E-state index in [0.717, 1.165) is 22.1 Å². The average Bonchev–Trinajstić information content (AvgIpc) is 2.31. The number of hydrogen-bond donors (Lipinski definition) is 0. The van der Waals surface area contributed by atoms with Gasteiger partial charge in [0.2, 0.25) is 0 Å². The van der Waals surface area contributed by atoms with E-state index < -0.39 is 0 Å². The van der Waals surface area contributed by atoms with Crippen molar-refractivity contribution >= 4 is 17.2 Å². The van der Waals surface area contributed by atoms with Gasteiger partial charge in [0.1, 0.15) is 5.65 Å². The molecule has 12 heavy (non-hydrogen) atoms. The third-order valence-corrected chi connectivity index (χ3v) is 2.28. The van der Waals surface area contributed by atoms with E-state index >= 15 is 0 Å². The Bertz CT molecular complexity index is 431. The lowest BCUT2D eigenvalue weighted by Crippen LogP contribution is -1.86. The minimum Gasteiger partial charge on any atom is -0.303 e. The molecular formula is C9H9ClN2. The maximum absolute atomic E-state index is 5.85.